The van der Waals surface area contributed by atoms with Gasteiger partial charge in [0.15, 0.2) is 11.5 Å². The zero-order chi connectivity index (χ0) is 14.8. The maximum Gasteiger partial charge on any atom is 0.227 e. The minimum atomic E-state index is 0.122. The number of fused-ring (bicyclic) bond motifs is 1. The van der Waals surface area contributed by atoms with Crippen molar-refractivity contribution < 1.29 is 14.3 Å². The predicted molar refractivity (Wildman–Crippen MR) is 80.2 cm³/mol. The van der Waals surface area contributed by atoms with Gasteiger partial charge in [0, 0.05) is 25.7 Å². The normalized spacial score (nSPS) is 21.2. The maximum absolute atomic E-state index is 12.4. The molecule has 2 heterocycles. The van der Waals surface area contributed by atoms with Crippen molar-refractivity contribution in [3.63, 3.8) is 0 Å². The maximum atomic E-state index is 12.4. The monoisotopic (exact) mass is 310 g/mol. The van der Waals surface area contributed by atoms with E-state index in [1.165, 1.54) is 0 Å². The van der Waals surface area contributed by atoms with Crippen LogP contribution in [0.1, 0.15) is 12.5 Å². The first-order valence-corrected chi connectivity index (χ1v) is 7.61. The van der Waals surface area contributed by atoms with Crippen molar-refractivity contribution in [3.05, 3.63) is 22.7 Å². The van der Waals surface area contributed by atoms with Crippen LogP contribution in [0.4, 0.5) is 0 Å². The predicted octanol–water partition coefficient (Wildman–Crippen LogP) is 1.47. The van der Waals surface area contributed by atoms with Crippen molar-refractivity contribution in [2.75, 3.05) is 32.8 Å². The standard InChI is InChI=1S/C15H19ClN2O3/c1-10-9-17-2-3-18(10)14(19)8-11-6-12(16)15-13(7-11)20-4-5-21-15/h6-7,10,17H,2-5,8-9H2,1H3/t10-/m0/s1. The number of benzene rings is 1. The first kappa shape index (κ1) is 14.5. The summed E-state index contributed by atoms with van der Waals surface area (Å²) < 4.78 is 11.0. The third-order valence-electron chi connectivity index (χ3n) is 3.83. The average molecular weight is 311 g/mol. The number of carbonyl (C=O) groups is 1. The van der Waals surface area contributed by atoms with Gasteiger partial charge in [-0.05, 0) is 24.6 Å². The van der Waals surface area contributed by atoms with Gasteiger partial charge >= 0.3 is 0 Å². The molecule has 0 aromatic heterocycles. The molecule has 1 atom stereocenters. The van der Waals surface area contributed by atoms with Crippen LogP contribution in [0, 0.1) is 0 Å². The van der Waals surface area contributed by atoms with Gasteiger partial charge in [-0.1, -0.05) is 11.6 Å². The number of halogens is 1. The molecule has 0 saturated carbocycles. The van der Waals surface area contributed by atoms with Crippen LogP contribution in [-0.4, -0.2) is 49.7 Å². The highest BCUT2D eigenvalue weighted by Gasteiger charge is 2.24. The Morgan fingerprint density at radius 2 is 2.24 bits per heavy atom. The van der Waals surface area contributed by atoms with E-state index in [0.29, 0.717) is 36.2 Å². The first-order chi connectivity index (χ1) is 10.1. The van der Waals surface area contributed by atoms with Crippen LogP contribution < -0.4 is 14.8 Å². The number of rotatable bonds is 2. The topological polar surface area (TPSA) is 50.8 Å². The molecule has 0 aliphatic carbocycles. The second-order valence-corrected chi connectivity index (χ2v) is 5.83. The summed E-state index contributed by atoms with van der Waals surface area (Å²) in [5, 5.41) is 3.78. The van der Waals surface area contributed by atoms with Crippen molar-refractivity contribution in [1.29, 1.82) is 0 Å². The molecule has 1 fully saturated rings. The number of carbonyl (C=O) groups excluding carboxylic acids is 1. The molecule has 0 radical (unpaired) electrons. The fraction of sp³-hybridized carbons (Fsp3) is 0.533. The molecule has 2 aliphatic rings. The lowest BCUT2D eigenvalue weighted by Gasteiger charge is -2.34. The lowest BCUT2D eigenvalue weighted by Crippen LogP contribution is -2.52. The molecule has 1 amide bonds. The van der Waals surface area contributed by atoms with Crippen LogP contribution in [0.5, 0.6) is 11.5 Å². The Labute approximate surface area is 129 Å². The lowest BCUT2D eigenvalue weighted by molar-refractivity contribution is -0.133. The average Bonchev–Trinajstić information content (AvgIpc) is 2.47. The molecule has 3 rings (SSSR count). The second-order valence-electron chi connectivity index (χ2n) is 5.42. The first-order valence-electron chi connectivity index (χ1n) is 7.23. The molecule has 6 heteroatoms. The van der Waals surface area contributed by atoms with E-state index in [0.717, 1.165) is 25.2 Å². The van der Waals surface area contributed by atoms with Crippen LogP contribution >= 0.6 is 11.6 Å². The fourth-order valence-corrected chi connectivity index (χ4v) is 3.04. The quantitative estimate of drug-likeness (QED) is 0.899. The summed E-state index contributed by atoms with van der Waals surface area (Å²) in [6.45, 7) is 5.50. The van der Waals surface area contributed by atoms with Gasteiger partial charge < -0.3 is 19.7 Å². The number of hydrogen-bond acceptors (Lipinski definition) is 4. The van der Waals surface area contributed by atoms with Crippen molar-refractivity contribution in [1.82, 2.24) is 10.2 Å². The number of amides is 1. The molecule has 114 valence electrons. The van der Waals surface area contributed by atoms with Gasteiger partial charge in [-0.25, -0.2) is 0 Å². The van der Waals surface area contributed by atoms with E-state index < -0.39 is 0 Å². The summed E-state index contributed by atoms with van der Waals surface area (Å²) in [5.74, 6) is 1.33. The number of piperazine rings is 1. The van der Waals surface area contributed by atoms with E-state index in [9.17, 15) is 4.79 Å². The van der Waals surface area contributed by atoms with Gasteiger partial charge in [0.2, 0.25) is 5.91 Å². The highest BCUT2D eigenvalue weighted by atomic mass is 35.5. The lowest BCUT2D eigenvalue weighted by atomic mass is 10.1. The van der Waals surface area contributed by atoms with Crippen LogP contribution in [0.25, 0.3) is 0 Å². The molecule has 21 heavy (non-hydrogen) atoms. The van der Waals surface area contributed by atoms with E-state index in [-0.39, 0.29) is 11.9 Å². The number of ether oxygens (including phenoxy) is 2. The van der Waals surface area contributed by atoms with E-state index in [1.54, 1.807) is 6.07 Å². The summed E-state index contributed by atoms with van der Waals surface area (Å²) in [4.78, 5) is 14.4. The Kier molecular flexibility index (Phi) is 4.22. The smallest absolute Gasteiger partial charge is 0.227 e. The summed E-state index contributed by atoms with van der Waals surface area (Å²) in [5.41, 5.74) is 0.861. The second kappa shape index (κ2) is 6.12. The summed E-state index contributed by atoms with van der Waals surface area (Å²) in [7, 11) is 0. The Bertz CT molecular complexity index is 550. The Balaban J connectivity index is 1.75. The molecule has 1 aromatic rings. The van der Waals surface area contributed by atoms with Gasteiger partial charge in [-0.15, -0.1) is 0 Å². The van der Waals surface area contributed by atoms with E-state index in [1.807, 2.05) is 11.0 Å². The Morgan fingerprint density at radius 3 is 3.05 bits per heavy atom. The summed E-state index contributed by atoms with van der Waals surface area (Å²) >= 11 is 6.21. The molecule has 2 aliphatic heterocycles. The van der Waals surface area contributed by atoms with Crippen LogP contribution in [0.15, 0.2) is 12.1 Å². The van der Waals surface area contributed by atoms with Crippen molar-refractivity contribution in [2.24, 2.45) is 0 Å². The molecule has 1 N–H and O–H groups in total. The molecular formula is C15H19ClN2O3. The van der Waals surface area contributed by atoms with Crippen LogP contribution in [-0.2, 0) is 11.2 Å². The molecule has 0 spiro atoms. The van der Waals surface area contributed by atoms with Gasteiger partial charge in [-0.2, -0.15) is 0 Å². The van der Waals surface area contributed by atoms with Crippen molar-refractivity contribution in [2.45, 2.75) is 19.4 Å². The molecule has 0 unspecified atom stereocenters. The highest BCUT2D eigenvalue weighted by Crippen LogP contribution is 2.38. The third-order valence-corrected chi connectivity index (χ3v) is 4.11. The van der Waals surface area contributed by atoms with Gasteiger partial charge in [0.05, 0.1) is 11.4 Å². The Hall–Kier alpha value is -1.46. The van der Waals surface area contributed by atoms with E-state index in [2.05, 4.69) is 12.2 Å². The van der Waals surface area contributed by atoms with Crippen molar-refractivity contribution >= 4 is 17.5 Å². The van der Waals surface area contributed by atoms with Gasteiger partial charge in [0.1, 0.15) is 13.2 Å². The third kappa shape index (κ3) is 3.09. The van der Waals surface area contributed by atoms with Crippen LogP contribution in [0.3, 0.4) is 0 Å². The minimum absolute atomic E-state index is 0.122. The zero-order valence-electron chi connectivity index (χ0n) is 12.0. The summed E-state index contributed by atoms with van der Waals surface area (Å²) in [6, 6.07) is 3.87. The highest BCUT2D eigenvalue weighted by molar-refractivity contribution is 6.32. The number of nitrogens with zero attached hydrogens (tertiary/aromatic N) is 1. The molecule has 0 bridgehead atoms. The number of hydrogen-bond donors (Lipinski definition) is 1. The van der Waals surface area contributed by atoms with E-state index in [4.69, 9.17) is 21.1 Å². The molecule has 5 nitrogen and oxygen atoms in total. The van der Waals surface area contributed by atoms with Gasteiger partial charge in [0.25, 0.3) is 0 Å². The van der Waals surface area contributed by atoms with Crippen LogP contribution in [0.2, 0.25) is 5.02 Å². The molecular weight excluding hydrogens is 292 g/mol. The van der Waals surface area contributed by atoms with E-state index >= 15 is 0 Å². The Morgan fingerprint density at radius 1 is 1.43 bits per heavy atom. The SMILES string of the molecule is C[C@H]1CNCCN1C(=O)Cc1cc(Cl)c2c(c1)OCCO2. The fourth-order valence-electron chi connectivity index (χ4n) is 2.75. The largest absolute Gasteiger partial charge is 0.486 e. The molecule has 1 aromatic carbocycles. The van der Waals surface area contributed by atoms with Gasteiger partial charge in [-0.3, -0.25) is 4.79 Å². The summed E-state index contributed by atoms with van der Waals surface area (Å²) in [6.07, 6.45) is 0.334. The minimum Gasteiger partial charge on any atom is -0.486 e. The zero-order valence-corrected chi connectivity index (χ0v) is 12.8. The molecule has 1 saturated heterocycles. The number of nitrogens with one attached hydrogen (secondary N) is 1. The van der Waals surface area contributed by atoms with Crippen molar-refractivity contribution in [3.8, 4) is 11.5 Å².